The topological polar surface area (TPSA) is 69.4 Å². The van der Waals surface area contributed by atoms with Gasteiger partial charge in [0.25, 0.3) is 0 Å². The van der Waals surface area contributed by atoms with Crippen LogP contribution in [0.25, 0.3) is 10.8 Å². The van der Waals surface area contributed by atoms with Crippen molar-refractivity contribution in [3.05, 3.63) is 83.1 Å². The van der Waals surface area contributed by atoms with Crippen LogP contribution in [-0.4, -0.2) is 23.8 Å². The molecule has 33 heavy (non-hydrogen) atoms. The van der Waals surface area contributed by atoms with Crippen LogP contribution in [0.1, 0.15) is 42.4 Å². The SMILES string of the molecule is CCCCn1cnc2c(c1=N)C(c1ccc(OC)c(OC)c1)c1ccc3ccccc3c1O2. The summed E-state index contributed by atoms with van der Waals surface area (Å²) in [6.07, 6.45) is 3.76. The Morgan fingerprint density at radius 1 is 1.03 bits per heavy atom. The molecule has 0 radical (unpaired) electrons. The lowest BCUT2D eigenvalue weighted by molar-refractivity contribution is 0.354. The van der Waals surface area contributed by atoms with E-state index in [0.717, 1.165) is 52.6 Å². The molecule has 1 N–H and O–H groups in total. The van der Waals surface area contributed by atoms with E-state index in [2.05, 4.69) is 36.2 Å². The molecule has 3 aromatic carbocycles. The zero-order valence-electron chi connectivity index (χ0n) is 19.1. The van der Waals surface area contributed by atoms with Crippen LogP contribution in [0, 0.1) is 5.41 Å². The van der Waals surface area contributed by atoms with Gasteiger partial charge in [-0.3, -0.25) is 5.41 Å². The van der Waals surface area contributed by atoms with Crippen molar-refractivity contribution in [3.63, 3.8) is 0 Å². The number of methoxy groups -OCH3 is 2. The fraction of sp³-hybridized carbons (Fsp3) is 0.259. The van der Waals surface area contributed by atoms with Crippen molar-refractivity contribution in [1.29, 1.82) is 5.41 Å². The van der Waals surface area contributed by atoms with Crippen molar-refractivity contribution in [3.8, 4) is 23.1 Å². The van der Waals surface area contributed by atoms with E-state index >= 15 is 0 Å². The molecule has 0 saturated heterocycles. The highest BCUT2D eigenvalue weighted by atomic mass is 16.5. The molecular weight excluding hydrogens is 414 g/mol. The summed E-state index contributed by atoms with van der Waals surface area (Å²) in [6.45, 7) is 2.89. The van der Waals surface area contributed by atoms with Gasteiger partial charge in [0.1, 0.15) is 17.6 Å². The lowest BCUT2D eigenvalue weighted by Gasteiger charge is -2.29. The summed E-state index contributed by atoms with van der Waals surface area (Å²) in [5.74, 6) is 2.37. The lowest BCUT2D eigenvalue weighted by Crippen LogP contribution is -2.30. The predicted octanol–water partition coefficient (Wildman–Crippen LogP) is 5.62. The first-order chi connectivity index (χ1) is 16.2. The maximum atomic E-state index is 9.05. The minimum atomic E-state index is -0.220. The van der Waals surface area contributed by atoms with Crippen molar-refractivity contribution < 1.29 is 14.2 Å². The quantitative estimate of drug-likeness (QED) is 0.371. The molecule has 168 valence electrons. The summed E-state index contributed by atoms with van der Waals surface area (Å²) in [6, 6.07) is 18.3. The first-order valence-electron chi connectivity index (χ1n) is 11.2. The molecule has 0 fully saturated rings. The van der Waals surface area contributed by atoms with Gasteiger partial charge in [-0.25, -0.2) is 4.98 Å². The molecule has 1 unspecified atom stereocenters. The van der Waals surface area contributed by atoms with E-state index < -0.39 is 0 Å². The van der Waals surface area contributed by atoms with Crippen molar-refractivity contribution in [1.82, 2.24) is 9.55 Å². The van der Waals surface area contributed by atoms with E-state index in [4.69, 9.17) is 19.6 Å². The highest BCUT2D eigenvalue weighted by Gasteiger charge is 2.33. The molecule has 1 atom stereocenters. The molecule has 2 heterocycles. The van der Waals surface area contributed by atoms with Gasteiger partial charge in [-0.2, -0.15) is 0 Å². The van der Waals surface area contributed by atoms with E-state index in [1.807, 2.05) is 34.9 Å². The molecule has 5 rings (SSSR count). The third-order valence-corrected chi connectivity index (χ3v) is 6.29. The van der Waals surface area contributed by atoms with Crippen LogP contribution in [0.5, 0.6) is 23.1 Å². The second-order valence-corrected chi connectivity index (χ2v) is 8.21. The molecule has 0 spiro atoms. The number of nitrogens with one attached hydrogen (secondary N) is 1. The van der Waals surface area contributed by atoms with Crippen LogP contribution in [-0.2, 0) is 6.54 Å². The summed E-state index contributed by atoms with van der Waals surface area (Å²) in [5.41, 5.74) is 3.20. The number of unbranched alkanes of at least 4 members (excludes halogenated alkanes) is 1. The third kappa shape index (κ3) is 3.52. The molecular formula is C27H27N3O3. The van der Waals surface area contributed by atoms with Gasteiger partial charge in [-0.1, -0.05) is 55.8 Å². The maximum Gasteiger partial charge on any atom is 0.228 e. The van der Waals surface area contributed by atoms with Crippen molar-refractivity contribution in [2.24, 2.45) is 0 Å². The summed E-state index contributed by atoms with van der Waals surface area (Å²) in [4.78, 5) is 4.66. The van der Waals surface area contributed by atoms with Crippen LogP contribution in [0.15, 0.2) is 60.9 Å². The number of hydrogen-bond donors (Lipinski definition) is 1. The number of nitrogens with zero attached hydrogens (tertiary/aromatic N) is 2. The van der Waals surface area contributed by atoms with Gasteiger partial charge in [-0.05, 0) is 29.5 Å². The minimum absolute atomic E-state index is 0.220. The van der Waals surface area contributed by atoms with Crippen molar-refractivity contribution >= 4 is 10.8 Å². The molecule has 6 heteroatoms. The highest BCUT2D eigenvalue weighted by molar-refractivity contribution is 5.91. The van der Waals surface area contributed by atoms with Crippen LogP contribution in [0.3, 0.4) is 0 Å². The van der Waals surface area contributed by atoms with E-state index in [-0.39, 0.29) is 5.92 Å². The Balaban J connectivity index is 1.78. The zero-order chi connectivity index (χ0) is 22.9. The van der Waals surface area contributed by atoms with Crippen LogP contribution in [0.4, 0.5) is 0 Å². The number of rotatable bonds is 6. The molecule has 0 amide bonds. The van der Waals surface area contributed by atoms with Crippen LogP contribution < -0.4 is 19.7 Å². The molecule has 0 saturated carbocycles. The first kappa shape index (κ1) is 21.1. The lowest BCUT2D eigenvalue weighted by atomic mass is 9.82. The third-order valence-electron chi connectivity index (χ3n) is 6.29. The Morgan fingerprint density at radius 3 is 2.64 bits per heavy atom. The second kappa shape index (κ2) is 8.62. The highest BCUT2D eigenvalue weighted by Crippen LogP contribution is 2.48. The normalized spacial score (nSPS) is 14.3. The Kier molecular flexibility index (Phi) is 5.50. The average Bonchev–Trinajstić information content (AvgIpc) is 2.86. The van der Waals surface area contributed by atoms with E-state index in [1.165, 1.54) is 0 Å². The molecule has 1 aliphatic heterocycles. The number of benzene rings is 3. The predicted molar refractivity (Wildman–Crippen MR) is 128 cm³/mol. The average molecular weight is 442 g/mol. The van der Waals surface area contributed by atoms with E-state index in [9.17, 15) is 0 Å². The van der Waals surface area contributed by atoms with Crippen molar-refractivity contribution in [2.75, 3.05) is 14.2 Å². The minimum Gasteiger partial charge on any atom is -0.493 e. The zero-order valence-corrected chi connectivity index (χ0v) is 19.1. The van der Waals surface area contributed by atoms with Crippen LogP contribution >= 0.6 is 0 Å². The standard InChI is InChI=1S/C27H27N3O3/c1-4-5-14-30-16-29-27-24(26(30)28)23(18-11-13-21(31-2)22(15-18)32-3)20-12-10-17-8-6-7-9-19(17)25(20)33-27/h6-13,15-16,23,28H,4-5,14H2,1-3H3. The molecule has 1 aliphatic rings. The number of hydrogen-bond acceptors (Lipinski definition) is 5. The molecule has 0 aliphatic carbocycles. The summed E-state index contributed by atoms with van der Waals surface area (Å²) < 4.78 is 19.3. The summed E-state index contributed by atoms with van der Waals surface area (Å²) in [7, 11) is 3.27. The smallest absolute Gasteiger partial charge is 0.228 e. The van der Waals surface area contributed by atoms with E-state index in [1.54, 1.807) is 20.5 Å². The molecule has 1 aromatic heterocycles. The Hall–Kier alpha value is -3.80. The van der Waals surface area contributed by atoms with Gasteiger partial charge < -0.3 is 18.8 Å². The fourth-order valence-electron chi connectivity index (χ4n) is 4.58. The monoisotopic (exact) mass is 441 g/mol. The Morgan fingerprint density at radius 2 is 1.85 bits per heavy atom. The first-order valence-corrected chi connectivity index (χ1v) is 11.2. The number of aromatic nitrogens is 2. The van der Waals surface area contributed by atoms with Crippen LogP contribution in [0.2, 0.25) is 0 Å². The van der Waals surface area contributed by atoms with Gasteiger partial charge in [0, 0.05) is 23.4 Å². The molecule has 4 aromatic rings. The Bertz CT molecular complexity index is 1390. The number of ether oxygens (including phenoxy) is 3. The fourth-order valence-corrected chi connectivity index (χ4v) is 4.58. The largest absolute Gasteiger partial charge is 0.493 e. The summed E-state index contributed by atoms with van der Waals surface area (Å²) >= 11 is 0. The Labute approximate surface area is 192 Å². The number of fused-ring (bicyclic) bond motifs is 4. The van der Waals surface area contributed by atoms with Gasteiger partial charge in [-0.15, -0.1) is 0 Å². The molecule has 0 bridgehead atoms. The van der Waals surface area contributed by atoms with Gasteiger partial charge in [0.15, 0.2) is 11.5 Å². The molecule has 6 nitrogen and oxygen atoms in total. The van der Waals surface area contributed by atoms with Crippen molar-refractivity contribution in [2.45, 2.75) is 32.2 Å². The number of aryl methyl sites for hydroxylation is 1. The van der Waals surface area contributed by atoms with Gasteiger partial charge >= 0.3 is 0 Å². The summed E-state index contributed by atoms with van der Waals surface area (Å²) in [5, 5.41) is 11.2. The second-order valence-electron chi connectivity index (χ2n) is 8.21. The van der Waals surface area contributed by atoms with Gasteiger partial charge in [0.2, 0.25) is 5.88 Å². The maximum absolute atomic E-state index is 9.05. The van der Waals surface area contributed by atoms with Gasteiger partial charge in [0.05, 0.1) is 19.8 Å². The van der Waals surface area contributed by atoms with E-state index in [0.29, 0.717) is 22.9 Å².